The summed E-state index contributed by atoms with van der Waals surface area (Å²) in [4.78, 5) is 14.6. The molecule has 0 aromatic heterocycles. The summed E-state index contributed by atoms with van der Waals surface area (Å²) in [7, 11) is 3.97. The molecule has 0 fully saturated rings. The van der Waals surface area contributed by atoms with Crippen molar-refractivity contribution in [2.24, 2.45) is 5.92 Å². The number of fused-ring (bicyclic) bond motifs is 1. The molecule has 1 atom stereocenters. The van der Waals surface area contributed by atoms with Gasteiger partial charge in [-0.05, 0) is 46.0 Å². The van der Waals surface area contributed by atoms with E-state index in [4.69, 9.17) is 16.3 Å². The second-order valence-electron chi connectivity index (χ2n) is 5.19. The molecule has 0 radical (unpaired) electrons. The van der Waals surface area contributed by atoms with E-state index in [1.54, 1.807) is 6.07 Å². The van der Waals surface area contributed by atoms with Crippen LogP contribution in [0.4, 0.5) is 0 Å². The van der Waals surface area contributed by atoms with Crippen LogP contribution in [0.5, 0.6) is 5.75 Å². The van der Waals surface area contributed by atoms with Crippen LogP contribution in [0.25, 0.3) is 0 Å². The fourth-order valence-electron chi connectivity index (χ4n) is 2.67. The zero-order valence-corrected chi connectivity index (χ0v) is 12.5. The Labute approximate surface area is 119 Å². The Morgan fingerprint density at radius 2 is 2.16 bits per heavy atom. The second kappa shape index (κ2) is 5.93. The van der Waals surface area contributed by atoms with E-state index in [9.17, 15) is 4.79 Å². The van der Waals surface area contributed by atoms with Crippen molar-refractivity contribution in [3.63, 3.8) is 0 Å². The van der Waals surface area contributed by atoms with Crippen molar-refractivity contribution >= 4 is 17.4 Å². The number of ketones is 1. The monoisotopic (exact) mass is 281 g/mol. The Balaban J connectivity index is 2.37. The average molecular weight is 282 g/mol. The first-order chi connectivity index (χ1) is 9.04. The molecule has 4 heteroatoms. The third-order valence-corrected chi connectivity index (χ3v) is 3.78. The Morgan fingerprint density at radius 1 is 1.42 bits per heavy atom. The molecule has 0 saturated heterocycles. The number of carbonyl (C=O) groups excluding carboxylic acids is 1. The number of hydrogen-bond acceptors (Lipinski definition) is 3. The zero-order valence-electron chi connectivity index (χ0n) is 11.7. The van der Waals surface area contributed by atoms with Gasteiger partial charge in [-0.15, -0.1) is 0 Å². The van der Waals surface area contributed by atoms with Crippen molar-refractivity contribution in [3.8, 4) is 5.75 Å². The molecule has 0 spiro atoms. The highest BCUT2D eigenvalue weighted by Crippen LogP contribution is 2.36. The van der Waals surface area contributed by atoms with E-state index < -0.39 is 0 Å². The zero-order chi connectivity index (χ0) is 14.0. The largest absolute Gasteiger partial charge is 0.494 e. The molecule has 3 nitrogen and oxygen atoms in total. The number of ether oxygens (including phenoxy) is 1. The lowest BCUT2D eigenvalue weighted by Gasteiger charge is -2.27. The minimum atomic E-state index is 0.0388. The van der Waals surface area contributed by atoms with Gasteiger partial charge in [0.25, 0.3) is 0 Å². The molecule has 0 aliphatic heterocycles. The van der Waals surface area contributed by atoms with Crippen molar-refractivity contribution in [3.05, 3.63) is 28.3 Å². The number of carbonyl (C=O) groups is 1. The van der Waals surface area contributed by atoms with Crippen LogP contribution in [-0.4, -0.2) is 37.9 Å². The minimum absolute atomic E-state index is 0.0388. The SMILES string of the molecule is CCOc1ccc(Cl)c2c1CCC(CN(C)C)C2=O. The van der Waals surface area contributed by atoms with Crippen LogP contribution in [-0.2, 0) is 6.42 Å². The van der Waals surface area contributed by atoms with Crippen molar-refractivity contribution in [2.75, 3.05) is 27.2 Å². The predicted octanol–water partition coefficient (Wildman–Crippen LogP) is 3.05. The van der Waals surface area contributed by atoms with Gasteiger partial charge in [-0.25, -0.2) is 0 Å². The molecule has 0 heterocycles. The minimum Gasteiger partial charge on any atom is -0.494 e. The fraction of sp³-hybridized carbons (Fsp3) is 0.533. The molecule has 0 N–H and O–H groups in total. The number of Topliss-reactive ketones (excluding diaryl/α,β-unsaturated/α-hetero) is 1. The fourth-order valence-corrected chi connectivity index (χ4v) is 2.94. The highest BCUT2D eigenvalue weighted by Gasteiger charge is 2.31. The predicted molar refractivity (Wildman–Crippen MR) is 77.3 cm³/mol. The molecule has 0 bridgehead atoms. The summed E-state index contributed by atoms with van der Waals surface area (Å²) in [6.45, 7) is 3.32. The van der Waals surface area contributed by atoms with Gasteiger partial charge < -0.3 is 9.64 Å². The lowest BCUT2D eigenvalue weighted by Crippen LogP contribution is -2.32. The summed E-state index contributed by atoms with van der Waals surface area (Å²) < 4.78 is 5.60. The normalized spacial score (nSPS) is 18.6. The Bertz CT molecular complexity index is 485. The number of benzene rings is 1. The van der Waals surface area contributed by atoms with Crippen LogP contribution in [0.15, 0.2) is 12.1 Å². The second-order valence-corrected chi connectivity index (χ2v) is 5.60. The van der Waals surface area contributed by atoms with Crippen molar-refractivity contribution in [2.45, 2.75) is 19.8 Å². The van der Waals surface area contributed by atoms with Crippen molar-refractivity contribution < 1.29 is 9.53 Å². The van der Waals surface area contributed by atoms with Gasteiger partial charge in [0.15, 0.2) is 5.78 Å². The van der Waals surface area contributed by atoms with E-state index in [1.807, 2.05) is 32.0 Å². The summed E-state index contributed by atoms with van der Waals surface area (Å²) in [5.41, 5.74) is 1.65. The quantitative estimate of drug-likeness (QED) is 0.850. The molecular weight excluding hydrogens is 262 g/mol. The van der Waals surface area contributed by atoms with E-state index in [-0.39, 0.29) is 11.7 Å². The van der Waals surface area contributed by atoms with Gasteiger partial charge in [-0.2, -0.15) is 0 Å². The number of hydrogen-bond donors (Lipinski definition) is 0. The summed E-state index contributed by atoms with van der Waals surface area (Å²) in [6.07, 6.45) is 1.72. The molecule has 1 aromatic rings. The van der Waals surface area contributed by atoms with Gasteiger partial charge in [0.2, 0.25) is 0 Å². The Kier molecular flexibility index (Phi) is 4.48. The Hall–Kier alpha value is -1.06. The number of halogens is 1. The molecule has 2 rings (SSSR count). The third-order valence-electron chi connectivity index (χ3n) is 3.46. The maximum absolute atomic E-state index is 12.6. The standard InChI is InChI=1S/C15H20ClNO2/c1-4-19-13-8-7-12(16)14-11(13)6-5-10(15(14)18)9-17(2)3/h7-8,10H,4-6,9H2,1-3H3. The molecule has 1 aliphatic carbocycles. The third kappa shape index (κ3) is 2.93. The van der Waals surface area contributed by atoms with Gasteiger partial charge in [0, 0.05) is 23.6 Å². The molecule has 19 heavy (non-hydrogen) atoms. The highest BCUT2D eigenvalue weighted by atomic mass is 35.5. The van der Waals surface area contributed by atoms with E-state index in [0.717, 1.165) is 30.7 Å². The lowest BCUT2D eigenvalue weighted by molar-refractivity contribution is 0.0876. The summed E-state index contributed by atoms with van der Waals surface area (Å²) in [6, 6.07) is 3.63. The van der Waals surface area contributed by atoms with Gasteiger partial charge in [0.05, 0.1) is 11.6 Å². The van der Waals surface area contributed by atoms with Crippen LogP contribution in [0, 0.1) is 5.92 Å². The summed E-state index contributed by atoms with van der Waals surface area (Å²) in [5, 5.41) is 0.548. The first-order valence-corrected chi connectivity index (χ1v) is 7.05. The van der Waals surface area contributed by atoms with Gasteiger partial charge >= 0.3 is 0 Å². The molecule has 104 valence electrons. The Morgan fingerprint density at radius 3 is 2.79 bits per heavy atom. The van der Waals surface area contributed by atoms with Crippen LogP contribution in [0.3, 0.4) is 0 Å². The first kappa shape index (κ1) is 14.4. The summed E-state index contributed by atoms with van der Waals surface area (Å²) in [5.74, 6) is 0.997. The highest BCUT2D eigenvalue weighted by molar-refractivity contribution is 6.34. The number of rotatable bonds is 4. The van der Waals surface area contributed by atoms with Crippen LogP contribution < -0.4 is 4.74 Å². The van der Waals surface area contributed by atoms with Gasteiger partial charge in [-0.1, -0.05) is 11.6 Å². The van der Waals surface area contributed by atoms with E-state index >= 15 is 0 Å². The van der Waals surface area contributed by atoms with E-state index in [0.29, 0.717) is 17.2 Å². The van der Waals surface area contributed by atoms with Crippen LogP contribution >= 0.6 is 11.6 Å². The molecule has 1 aromatic carbocycles. The number of nitrogens with zero attached hydrogens (tertiary/aromatic N) is 1. The van der Waals surface area contributed by atoms with Crippen LogP contribution in [0.1, 0.15) is 29.3 Å². The molecule has 0 saturated carbocycles. The first-order valence-electron chi connectivity index (χ1n) is 6.67. The smallest absolute Gasteiger partial charge is 0.169 e. The van der Waals surface area contributed by atoms with Gasteiger partial charge in [0.1, 0.15) is 5.75 Å². The molecule has 1 unspecified atom stereocenters. The molecule has 1 aliphatic rings. The van der Waals surface area contributed by atoms with Crippen LogP contribution in [0.2, 0.25) is 5.02 Å². The molecule has 0 amide bonds. The molecular formula is C15H20ClNO2. The van der Waals surface area contributed by atoms with E-state index in [1.165, 1.54) is 0 Å². The topological polar surface area (TPSA) is 29.5 Å². The van der Waals surface area contributed by atoms with Crippen molar-refractivity contribution in [1.82, 2.24) is 4.90 Å². The van der Waals surface area contributed by atoms with E-state index in [2.05, 4.69) is 0 Å². The maximum Gasteiger partial charge on any atom is 0.169 e. The van der Waals surface area contributed by atoms with Gasteiger partial charge in [-0.3, -0.25) is 4.79 Å². The maximum atomic E-state index is 12.6. The average Bonchev–Trinajstić information content (AvgIpc) is 2.35. The lowest BCUT2D eigenvalue weighted by atomic mass is 9.82. The summed E-state index contributed by atoms with van der Waals surface area (Å²) >= 11 is 6.22. The van der Waals surface area contributed by atoms with Crippen molar-refractivity contribution in [1.29, 1.82) is 0 Å².